The van der Waals surface area contributed by atoms with Crippen LogP contribution in [0.4, 0.5) is 0 Å². The van der Waals surface area contributed by atoms with E-state index in [2.05, 4.69) is 16.9 Å². The van der Waals surface area contributed by atoms with Crippen LogP contribution in [0, 0.1) is 11.8 Å². The lowest BCUT2D eigenvalue weighted by Crippen LogP contribution is -2.23. The van der Waals surface area contributed by atoms with E-state index < -0.39 is 17.6 Å². The number of carbonyl (C=O) groups excluding carboxylic acids is 1. The number of rotatable bonds is 2. The van der Waals surface area contributed by atoms with E-state index in [0.29, 0.717) is 12.0 Å². The third-order valence-electron chi connectivity index (χ3n) is 5.30. The molecule has 2 heterocycles. The highest BCUT2D eigenvalue weighted by atomic mass is 16.7. The number of aliphatic hydroxyl groups excluding tert-OH is 1. The summed E-state index contributed by atoms with van der Waals surface area (Å²) in [4.78, 5) is 17.6. The van der Waals surface area contributed by atoms with Crippen molar-refractivity contribution in [1.82, 2.24) is 14.8 Å². The summed E-state index contributed by atoms with van der Waals surface area (Å²) in [6.07, 6.45) is 2.32. The van der Waals surface area contributed by atoms with E-state index in [1.165, 1.54) is 0 Å². The van der Waals surface area contributed by atoms with E-state index in [1.54, 1.807) is 9.75 Å². The fraction of sp³-hybridized carbons (Fsp3) is 0.429. The van der Waals surface area contributed by atoms with Crippen molar-refractivity contribution < 1.29 is 14.7 Å². The number of amides is 1. The van der Waals surface area contributed by atoms with Gasteiger partial charge in [0.2, 0.25) is 0 Å². The van der Waals surface area contributed by atoms with Gasteiger partial charge in [0.05, 0.1) is 17.5 Å². The van der Waals surface area contributed by atoms with Crippen LogP contribution in [-0.4, -0.2) is 45.1 Å². The van der Waals surface area contributed by atoms with Crippen LogP contribution in [0.25, 0.3) is 5.69 Å². The molecule has 2 aromatic rings. The molecule has 1 aromatic carbocycles. The molecule has 7 heteroatoms. The first-order valence-electron chi connectivity index (χ1n) is 9.50. The Labute approximate surface area is 164 Å². The van der Waals surface area contributed by atoms with Gasteiger partial charge in [-0.3, -0.25) is 9.63 Å². The van der Waals surface area contributed by atoms with Crippen LogP contribution in [0.2, 0.25) is 0 Å². The number of hydrogen-bond acceptors (Lipinski definition) is 5. The molecule has 0 spiro atoms. The minimum absolute atomic E-state index is 0.147. The van der Waals surface area contributed by atoms with E-state index in [1.807, 2.05) is 38.2 Å². The number of benzene rings is 1. The minimum atomic E-state index is -0.709. The van der Waals surface area contributed by atoms with Gasteiger partial charge >= 0.3 is 0 Å². The molecule has 146 valence electrons. The minimum Gasteiger partial charge on any atom is -0.388 e. The molecule has 1 fully saturated rings. The molecule has 1 aliphatic carbocycles. The summed E-state index contributed by atoms with van der Waals surface area (Å²) in [6, 6.07) is 7.67. The molecule has 0 unspecified atom stereocenters. The number of nitrogens with two attached hydrogens (primary N) is 1. The van der Waals surface area contributed by atoms with Gasteiger partial charge in [0.15, 0.2) is 5.69 Å². The highest BCUT2D eigenvalue weighted by molar-refractivity contribution is 5.93. The summed E-state index contributed by atoms with van der Waals surface area (Å²) in [5.74, 6) is 5.79. The van der Waals surface area contributed by atoms with E-state index in [4.69, 9.17) is 10.6 Å². The predicted molar refractivity (Wildman–Crippen MR) is 104 cm³/mol. The van der Waals surface area contributed by atoms with Crippen molar-refractivity contribution >= 4 is 5.91 Å². The summed E-state index contributed by atoms with van der Waals surface area (Å²) in [7, 11) is 1.90. The first kappa shape index (κ1) is 18.7. The molecule has 0 bridgehead atoms. The van der Waals surface area contributed by atoms with Gasteiger partial charge in [0.1, 0.15) is 5.60 Å². The van der Waals surface area contributed by atoms with Crippen LogP contribution >= 0.6 is 0 Å². The van der Waals surface area contributed by atoms with Gasteiger partial charge in [-0.2, -0.15) is 10.2 Å². The maximum atomic E-state index is 11.8. The van der Waals surface area contributed by atoms with Crippen LogP contribution in [0.15, 0.2) is 24.3 Å². The van der Waals surface area contributed by atoms with Crippen molar-refractivity contribution in [3.8, 4) is 17.5 Å². The Bertz CT molecular complexity index is 987. The molecule has 2 atom stereocenters. The van der Waals surface area contributed by atoms with Crippen molar-refractivity contribution in [2.75, 3.05) is 13.6 Å². The van der Waals surface area contributed by atoms with Crippen molar-refractivity contribution in [3.63, 3.8) is 0 Å². The molecule has 28 heavy (non-hydrogen) atoms. The topological polar surface area (TPSA) is 93.6 Å². The first-order chi connectivity index (χ1) is 13.4. The maximum absolute atomic E-state index is 11.8. The van der Waals surface area contributed by atoms with Gasteiger partial charge in [-0.1, -0.05) is 17.9 Å². The number of hydrogen-bond donors (Lipinski definition) is 2. The van der Waals surface area contributed by atoms with Gasteiger partial charge < -0.3 is 10.8 Å². The molecule has 1 aromatic heterocycles. The Morgan fingerprint density at radius 3 is 3.00 bits per heavy atom. The van der Waals surface area contributed by atoms with Crippen LogP contribution in [-0.2, 0) is 11.3 Å². The molecule has 0 radical (unpaired) electrons. The standard InChI is InChI=1S/C21H24N4O3/c1-21(11-12-24(2)28-21)10-9-14-5-3-6-15(13-14)25-16-7-4-8-17(26)18(16)19(23-25)20(22)27/h3,5-6,13,17,26H,4,7-8,11-12H2,1-2H3,(H2,22,27)/t17-,21+/m1/s1. The zero-order valence-electron chi connectivity index (χ0n) is 16.1. The molecule has 2 aliphatic rings. The van der Waals surface area contributed by atoms with Crippen LogP contribution in [0.5, 0.6) is 0 Å². The highest BCUT2D eigenvalue weighted by Gasteiger charge is 2.32. The number of primary amides is 1. The Morgan fingerprint density at radius 1 is 1.46 bits per heavy atom. The lowest BCUT2D eigenvalue weighted by atomic mass is 9.92. The van der Waals surface area contributed by atoms with Crippen molar-refractivity contribution in [1.29, 1.82) is 0 Å². The SMILES string of the molecule is CN1CC[C@](C)(C#Cc2cccc(-n3nc(C(N)=O)c4c3CCC[C@H]4O)c2)O1. The van der Waals surface area contributed by atoms with Gasteiger partial charge in [0.25, 0.3) is 5.91 Å². The fourth-order valence-electron chi connectivity index (χ4n) is 3.87. The summed E-state index contributed by atoms with van der Waals surface area (Å²) in [6.45, 7) is 2.83. The molecular weight excluding hydrogens is 356 g/mol. The number of aliphatic hydroxyl groups is 1. The number of carbonyl (C=O) groups is 1. The summed E-state index contributed by atoms with van der Waals surface area (Å²) in [5.41, 5.74) is 8.18. The summed E-state index contributed by atoms with van der Waals surface area (Å²) < 4.78 is 1.71. The normalized spacial score (nSPS) is 24.5. The molecule has 1 amide bonds. The van der Waals surface area contributed by atoms with Crippen molar-refractivity contribution in [2.45, 2.75) is 44.3 Å². The van der Waals surface area contributed by atoms with E-state index in [0.717, 1.165) is 42.8 Å². The Balaban J connectivity index is 1.71. The van der Waals surface area contributed by atoms with Crippen LogP contribution < -0.4 is 5.73 Å². The zero-order chi connectivity index (χ0) is 19.9. The number of fused-ring (bicyclic) bond motifs is 1. The lowest BCUT2D eigenvalue weighted by Gasteiger charge is -2.19. The number of aromatic nitrogens is 2. The Hall–Kier alpha value is -2.66. The third-order valence-corrected chi connectivity index (χ3v) is 5.30. The Kier molecular flexibility index (Phi) is 4.71. The molecule has 1 aliphatic heterocycles. The second-order valence-electron chi connectivity index (χ2n) is 7.62. The average Bonchev–Trinajstić information content (AvgIpc) is 3.22. The average molecular weight is 380 g/mol. The highest BCUT2D eigenvalue weighted by Crippen LogP contribution is 2.33. The van der Waals surface area contributed by atoms with Gasteiger partial charge in [0, 0.05) is 31.1 Å². The maximum Gasteiger partial charge on any atom is 0.269 e. The van der Waals surface area contributed by atoms with Gasteiger partial charge in [-0.15, -0.1) is 0 Å². The molecule has 7 nitrogen and oxygen atoms in total. The molecule has 4 rings (SSSR count). The van der Waals surface area contributed by atoms with E-state index >= 15 is 0 Å². The quantitative estimate of drug-likeness (QED) is 0.774. The number of nitrogens with zero attached hydrogens (tertiary/aromatic N) is 3. The summed E-state index contributed by atoms with van der Waals surface area (Å²) >= 11 is 0. The smallest absolute Gasteiger partial charge is 0.269 e. The van der Waals surface area contributed by atoms with Crippen LogP contribution in [0.1, 0.15) is 59.6 Å². The third kappa shape index (κ3) is 3.42. The van der Waals surface area contributed by atoms with Crippen molar-refractivity contribution in [2.24, 2.45) is 5.73 Å². The first-order valence-corrected chi connectivity index (χ1v) is 9.50. The van der Waals surface area contributed by atoms with Gasteiger partial charge in [-0.25, -0.2) is 4.68 Å². The van der Waals surface area contributed by atoms with Crippen molar-refractivity contribution in [3.05, 3.63) is 46.8 Å². The Morgan fingerprint density at radius 2 is 2.29 bits per heavy atom. The predicted octanol–water partition coefficient (Wildman–Crippen LogP) is 1.72. The molecule has 1 saturated heterocycles. The molecule has 3 N–H and O–H groups in total. The molecule has 0 saturated carbocycles. The summed E-state index contributed by atoms with van der Waals surface area (Å²) in [5, 5.41) is 16.6. The van der Waals surface area contributed by atoms with E-state index in [-0.39, 0.29) is 5.69 Å². The monoisotopic (exact) mass is 380 g/mol. The molecular formula is C21H24N4O3. The second kappa shape index (κ2) is 7.06. The second-order valence-corrected chi connectivity index (χ2v) is 7.62. The van der Waals surface area contributed by atoms with Gasteiger partial charge in [-0.05, 0) is 44.4 Å². The number of hydroxylamine groups is 2. The zero-order valence-corrected chi connectivity index (χ0v) is 16.1. The largest absolute Gasteiger partial charge is 0.388 e. The fourth-order valence-corrected chi connectivity index (χ4v) is 3.87. The van der Waals surface area contributed by atoms with Crippen LogP contribution in [0.3, 0.4) is 0 Å². The van der Waals surface area contributed by atoms with E-state index in [9.17, 15) is 9.90 Å². The lowest BCUT2D eigenvalue weighted by molar-refractivity contribution is -0.147.